The molecular weight excluding hydrogens is 270 g/mol. The normalized spacial score (nSPS) is 12.8. The molecule has 5 heteroatoms. The Morgan fingerprint density at radius 3 is 2.33 bits per heavy atom. The molecule has 0 aromatic rings. The van der Waals surface area contributed by atoms with Crippen molar-refractivity contribution in [1.29, 1.82) is 0 Å². The molecule has 0 amide bonds. The zero-order valence-corrected chi connectivity index (χ0v) is 13.4. The molecule has 0 fully saturated rings. The highest BCUT2D eigenvalue weighted by Gasteiger charge is 2.12. The van der Waals surface area contributed by atoms with Crippen LogP contribution in [0.25, 0.3) is 0 Å². The van der Waals surface area contributed by atoms with Gasteiger partial charge in [-0.1, -0.05) is 45.4 Å². The molecule has 0 rings (SSSR count). The molecule has 125 valence electrons. The summed E-state index contributed by atoms with van der Waals surface area (Å²) in [5.74, 6) is -1.05. The van der Waals surface area contributed by atoms with Crippen molar-refractivity contribution in [3.8, 4) is 0 Å². The van der Waals surface area contributed by atoms with Crippen LogP contribution < -0.4 is 0 Å². The minimum atomic E-state index is -1.05. The van der Waals surface area contributed by atoms with E-state index in [9.17, 15) is 15.0 Å². The van der Waals surface area contributed by atoms with E-state index < -0.39 is 12.1 Å². The van der Waals surface area contributed by atoms with Gasteiger partial charge in [0.1, 0.15) is 0 Å². The van der Waals surface area contributed by atoms with Crippen LogP contribution in [0.3, 0.4) is 0 Å². The number of aliphatic hydroxyl groups excluding tert-OH is 2. The van der Waals surface area contributed by atoms with Gasteiger partial charge in [0.25, 0.3) is 0 Å². The fourth-order valence-corrected chi connectivity index (χ4v) is 2.43. The Balaban J connectivity index is 3.72. The highest BCUT2D eigenvalue weighted by molar-refractivity contribution is 5.66. The number of hydrogen-bond donors (Lipinski definition) is 2. The van der Waals surface area contributed by atoms with E-state index in [1.807, 2.05) is 4.90 Å². The molecule has 0 aromatic carbocycles. The second-order valence-corrected chi connectivity index (χ2v) is 5.71. The van der Waals surface area contributed by atoms with Gasteiger partial charge in [-0.2, -0.15) is 0 Å². The summed E-state index contributed by atoms with van der Waals surface area (Å²) in [5, 5.41) is 29.4. The van der Waals surface area contributed by atoms with Crippen LogP contribution in [-0.4, -0.2) is 53.4 Å². The van der Waals surface area contributed by atoms with Crippen molar-refractivity contribution in [2.75, 3.05) is 26.2 Å². The zero-order chi connectivity index (χ0) is 15.9. The summed E-state index contributed by atoms with van der Waals surface area (Å²) in [6.07, 6.45) is 8.09. The highest BCUT2D eigenvalue weighted by atomic mass is 16.4. The summed E-state index contributed by atoms with van der Waals surface area (Å²) < 4.78 is 0. The SMILES string of the molecule is CCCCCCCCC(O)CN(CCO)CCCC([O])=O. The van der Waals surface area contributed by atoms with Crippen molar-refractivity contribution in [1.82, 2.24) is 4.90 Å². The molecule has 0 aromatic heterocycles. The molecule has 0 heterocycles. The van der Waals surface area contributed by atoms with Crippen molar-refractivity contribution < 1.29 is 20.1 Å². The molecule has 5 nitrogen and oxygen atoms in total. The minimum Gasteiger partial charge on any atom is -0.395 e. The largest absolute Gasteiger partial charge is 0.395 e. The van der Waals surface area contributed by atoms with E-state index in [2.05, 4.69) is 6.92 Å². The maximum absolute atomic E-state index is 10.4. The first kappa shape index (κ1) is 20.3. The van der Waals surface area contributed by atoms with Crippen molar-refractivity contribution in [3.05, 3.63) is 0 Å². The Hall–Kier alpha value is -0.650. The zero-order valence-electron chi connectivity index (χ0n) is 13.4. The Bertz CT molecular complexity index is 248. The number of aliphatic hydroxyl groups is 2. The number of carbonyl (C=O) groups is 1. The average Bonchev–Trinajstić information content (AvgIpc) is 2.42. The van der Waals surface area contributed by atoms with Crippen molar-refractivity contribution in [2.45, 2.75) is 70.8 Å². The molecule has 0 spiro atoms. The predicted molar refractivity (Wildman–Crippen MR) is 82.5 cm³/mol. The average molecular weight is 302 g/mol. The third-order valence-corrected chi connectivity index (χ3v) is 3.63. The number of nitrogens with zero attached hydrogens (tertiary/aromatic N) is 1. The molecule has 21 heavy (non-hydrogen) atoms. The van der Waals surface area contributed by atoms with E-state index in [-0.39, 0.29) is 13.0 Å². The fraction of sp³-hybridized carbons (Fsp3) is 0.938. The molecule has 0 saturated heterocycles. The quantitative estimate of drug-likeness (QED) is 0.454. The van der Waals surface area contributed by atoms with E-state index in [1.165, 1.54) is 25.7 Å². The van der Waals surface area contributed by atoms with Crippen LogP contribution in [0.4, 0.5) is 0 Å². The van der Waals surface area contributed by atoms with Crippen molar-refractivity contribution >= 4 is 5.97 Å². The molecular formula is C16H32NO4. The van der Waals surface area contributed by atoms with Crippen molar-refractivity contribution in [3.63, 3.8) is 0 Å². The molecule has 0 aliphatic rings. The summed E-state index contributed by atoms with van der Waals surface area (Å²) in [4.78, 5) is 12.3. The summed E-state index contributed by atoms with van der Waals surface area (Å²) in [6, 6.07) is 0. The van der Waals surface area contributed by atoms with E-state index in [1.54, 1.807) is 0 Å². The van der Waals surface area contributed by atoms with Gasteiger partial charge in [0, 0.05) is 13.1 Å². The molecule has 2 N–H and O–H groups in total. The third kappa shape index (κ3) is 14.1. The number of carbonyl (C=O) groups excluding carboxylic acids is 1. The standard InChI is InChI=1S/C16H32NO4/c1-2-3-4-5-6-7-9-15(19)14-17(12-13-18)11-8-10-16(20)21/h15,18-19H,2-14H2,1H3. The predicted octanol–water partition coefficient (Wildman–Crippen LogP) is 2.13. The van der Waals surface area contributed by atoms with Crippen LogP contribution in [0.2, 0.25) is 0 Å². The second kappa shape index (κ2) is 14.3. The van der Waals surface area contributed by atoms with E-state index >= 15 is 0 Å². The van der Waals surface area contributed by atoms with E-state index in [4.69, 9.17) is 5.11 Å². The van der Waals surface area contributed by atoms with Crippen LogP contribution in [0, 0.1) is 0 Å². The van der Waals surface area contributed by atoms with Gasteiger partial charge in [-0.25, -0.2) is 9.90 Å². The minimum absolute atomic E-state index is 0.0229. The summed E-state index contributed by atoms with van der Waals surface area (Å²) in [7, 11) is 0. The molecule has 0 bridgehead atoms. The van der Waals surface area contributed by atoms with Gasteiger partial charge in [-0.3, -0.25) is 4.90 Å². The Morgan fingerprint density at radius 2 is 1.71 bits per heavy atom. The molecule has 0 saturated carbocycles. The Labute approximate surface area is 129 Å². The first-order valence-corrected chi connectivity index (χ1v) is 8.31. The monoisotopic (exact) mass is 302 g/mol. The van der Waals surface area contributed by atoms with Crippen LogP contribution >= 0.6 is 0 Å². The lowest BCUT2D eigenvalue weighted by atomic mass is 10.1. The van der Waals surface area contributed by atoms with E-state index in [0.717, 1.165) is 19.3 Å². The van der Waals surface area contributed by atoms with Crippen molar-refractivity contribution in [2.24, 2.45) is 0 Å². The number of rotatable bonds is 15. The summed E-state index contributed by atoms with van der Waals surface area (Å²) in [6.45, 7) is 3.76. The lowest BCUT2D eigenvalue weighted by molar-refractivity contribution is -0.143. The molecule has 1 radical (unpaired) electrons. The molecule has 1 atom stereocenters. The third-order valence-electron chi connectivity index (χ3n) is 3.63. The van der Waals surface area contributed by atoms with Gasteiger partial charge in [0.2, 0.25) is 0 Å². The van der Waals surface area contributed by atoms with Gasteiger partial charge >= 0.3 is 5.97 Å². The topological polar surface area (TPSA) is 80.7 Å². The number of unbranched alkanes of at least 4 members (excludes halogenated alkanes) is 5. The van der Waals surface area contributed by atoms with Crippen LogP contribution in [-0.2, 0) is 9.90 Å². The smallest absolute Gasteiger partial charge is 0.355 e. The summed E-state index contributed by atoms with van der Waals surface area (Å²) in [5.41, 5.74) is 0. The molecule has 0 aliphatic carbocycles. The van der Waals surface area contributed by atoms with E-state index in [0.29, 0.717) is 26.1 Å². The fourth-order valence-electron chi connectivity index (χ4n) is 2.43. The maximum atomic E-state index is 10.4. The molecule has 0 aliphatic heterocycles. The Morgan fingerprint density at radius 1 is 1.05 bits per heavy atom. The lowest BCUT2D eigenvalue weighted by Gasteiger charge is -2.24. The van der Waals surface area contributed by atoms with Gasteiger partial charge in [0.15, 0.2) is 0 Å². The summed E-state index contributed by atoms with van der Waals surface area (Å²) >= 11 is 0. The van der Waals surface area contributed by atoms with Gasteiger partial charge < -0.3 is 10.2 Å². The van der Waals surface area contributed by atoms with Crippen LogP contribution in [0.5, 0.6) is 0 Å². The number of hydrogen-bond acceptors (Lipinski definition) is 4. The first-order chi connectivity index (χ1) is 10.1. The van der Waals surface area contributed by atoms with Crippen LogP contribution in [0.15, 0.2) is 0 Å². The van der Waals surface area contributed by atoms with Gasteiger partial charge in [0.05, 0.1) is 19.1 Å². The Kier molecular flexibility index (Phi) is 13.9. The van der Waals surface area contributed by atoms with Crippen LogP contribution in [0.1, 0.15) is 64.7 Å². The van der Waals surface area contributed by atoms with Gasteiger partial charge in [-0.15, -0.1) is 0 Å². The highest BCUT2D eigenvalue weighted by Crippen LogP contribution is 2.09. The first-order valence-electron chi connectivity index (χ1n) is 8.31. The lowest BCUT2D eigenvalue weighted by Crippen LogP contribution is -2.35. The van der Waals surface area contributed by atoms with Gasteiger partial charge in [-0.05, 0) is 19.4 Å². The maximum Gasteiger partial charge on any atom is 0.355 e. The second-order valence-electron chi connectivity index (χ2n) is 5.71. The molecule has 1 unspecified atom stereocenters.